The van der Waals surface area contributed by atoms with Gasteiger partial charge in [-0.1, -0.05) is 36.8 Å². The molecule has 0 bridgehead atoms. The largest absolute Gasteiger partial charge is 0.391 e. The van der Waals surface area contributed by atoms with E-state index < -0.39 is 12.2 Å². The fourth-order valence-electron chi connectivity index (χ4n) is 3.90. The van der Waals surface area contributed by atoms with Crippen LogP contribution in [0, 0.1) is 6.92 Å². The van der Waals surface area contributed by atoms with E-state index in [1.165, 1.54) is 5.56 Å². The van der Waals surface area contributed by atoms with Gasteiger partial charge in [-0.15, -0.1) is 0 Å². The van der Waals surface area contributed by atoms with Crippen molar-refractivity contribution in [1.82, 2.24) is 25.1 Å². The number of rotatable bonds is 6. The van der Waals surface area contributed by atoms with Crippen molar-refractivity contribution in [2.24, 2.45) is 0 Å². The molecule has 2 unspecified atom stereocenters. The monoisotopic (exact) mass is 451 g/mol. The first-order valence-electron chi connectivity index (χ1n) is 11.4. The number of H-pyrrole nitrogens is 1. The van der Waals surface area contributed by atoms with Gasteiger partial charge in [-0.2, -0.15) is 5.10 Å². The summed E-state index contributed by atoms with van der Waals surface area (Å²) >= 11 is 0. The van der Waals surface area contributed by atoms with E-state index in [1.54, 1.807) is 19.4 Å². The summed E-state index contributed by atoms with van der Waals surface area (Å²) in [7, 11) is 0. The summed E-state index contributed by atoms with van der Waals surface area (Å²) in [4.78, 5) is 21.3. The number of aliphatic hydroxyl groups is 2. The molecule has 1 fully saturated rings. The Hall–Kier alpha value is -3.10. The van der Waals surface area contributed by atoms with Crippen LogP contribution in [0.25, 0.3) is 22.5 Å². The van der Waals surface area contributed by atoms with Crippen LogP contribution in [0.5, 0.6) is 0 Å². The van der Waals surface area contributed by atoms with Crippen molar-refractivity contribution in [2.45, 2.75) is 58.2 Å². The molecule has 176 valence electrons. The molecular weight excluding hydrogens is 418 g/mol. The fraction of sp³-hybridized carbons (Fsp3) is 0.440. The molecule has 1 aromatic carbocycles. The number of aryl methyl sites for hydroxylation is 1. The number of amides is 1. The number of piperidine rings is 1. The zero-order chi connectivity index (χ0) is 23.8. The van der Waals surface area contributed by atoms with Gasteiger partial charge in [0.1, 0.15) is 12.0 Å². The van der Waals surface area contributed by atoms with E-state index in [2.05, 4.69) is 51.4 Å². The summed E-state index contributed by atoms with van der Waals surface area (Å²) in [6.45, 7) is 7.03. The van der Waals surface area contributed by atoms with Gasteiger partial charge in [0, 0.05) is 42.0 Å². The van der Waals surface area contributed by atoms with Crippen molar-refractivity contribution < 1.29 is 15.0 Å². The lowest BCUT2D eigenvalue weighted by molar-refractivity contribution is -0.119. The van der Waals surface area contributed by atoms with Gasteiger partial charge in [0.2, 0.25) is 6.41 Å². The summed E-state index contributed by atoms with van der Waals surface area (Å²) < 4.78 is 0. The molecule has 0 saturated carbocycles. The SMILES string of the molecule is CCC(O)C(C)O.Cc1ccc(-c2n[nH]c(C3CCN(C=O)CC3)c2-c2ccncn2)cc1. The third kappa shape index (κ3) is 6.24. The molecule has 2 aromatic heterocycles. The molecule has 2 atom stereocenters. The predicted octanol–water partition coefficient (Wildman–Crippen LogP) is 3.32. The summed E-state index contributed by atoms with van der Waals surface area (Å²) in [5.41, 5.74) is 6.21. The summed E-state index contributed by atoms with van der Waals surface area (Å²) in [5, 5.41) is 25.2. The lowest BCUT2D eigenvalue weighted by Crippen LogP contribution is -2.31. The maximum absolute atomic E-state index is 11.0. The van der Waals surface area contributed by atoms with E-state index in [9.17, 15) is 4.79 Å². The molecule has 8 heteroatoms. The number of carbonyl (C=O) groups excluding carboxylic acids is 1. The highest BCUT2D eigenvalue weighted by atomic mass is 16.3. The number of aromatic nitrogens is 4. The van der Waals surface area contributed by atoms with E-state index in [4.69, 9.17) is 10.2 Å². The van der Waals surface area contributed by atoms with Gasteiger partial charge in [-0.25, -0.2) is 9.97 Å². The minimum absolute atomic E-state index is 0.336. The second kappa shape index (κ2) is 11.7. The number of aliphatic hydroxyl groups excluding tert-OH is 2. The second-order valence-corrected chi connectivity index (χ2v) is 8.45. The Balaban J connectivity index is 0.000000383. The number of hydrogen-bond acceptors (Lipinski definition) is 6. The van der Waals surface area contributed by atoms with Crippen molar-refractivity contribution in [2.75, 3.05) is 13.1 Å². The van der Waals surface area contributed by atoms with E-state index in [0.717, 1.165) is 60.5 Å². The molecule has 1 saturated heterocycles. The van der Waals surface area contributed by atoms with Crippen LogP contribution in [0.4, 0.5) is 0 Å². The van der Waals surface area contributed by atoms with Crippen LogP contribution < -0.4 is 0 Å². The number of aromatic amines is 1. The van der Waals surface area contributed by atoms with Crippen molar-refractivity contribution in [1.29, 1.82) is 0 Å². The molecule has 0 aliphatic carbocycles. The maximum Gasteiger partial charge on any atom is 0.209 e. The predicted molar refractivity (Wildman–Crippen MR) is 127 cm³/mol. The number of carbonyl (C=O) groups is 1. The average molecular weight is 452 g/mol. The lowest BCUT2D eigenvalue weighted by Gasteiger charge is -2.29. The molecule has 3 aromatic rings. The van der Waals surface area contributed by atoms with Gasteiger partial charge in [0.05, 0.1) is 17.9 Å². The molecule has 0 spiro atoms. The van der Waals surface area contributed by atoms with Crippen LogP contribution in [-0.2, 0) is 4.79 Å². The van der Waals surface area contributed by atoms with Gasteiger partial charge >= 0.3 is 0 Å². The fourth-order valence-corrected chi connectivity index (χ4v) is 3.90. The van der Waals surface area contributed by atoms with E-state index >= 15 is 0 Å². The Kier molecular flexibility index (Phi) is 8.68. The standard InChI is InChI=1S/C20H21N5O.C5H12O2/c1-14-2-4-15(5-3-14)19-18(17-6-9-21-12-22-17)20(24-23-19)16-7-10-25(13-26)11-8-16;1-3-5(7)4(2)6/h2-6,9,12-13,16H,7-8,10-11H2,1H3,(H,23,24);4-7H,3H2,1-2H3. The molecule has 33 heavy (non-hydrogen) atoms. The maximum atomic E-state index is 11.0. The minimum Gasteiger partial charge on any atom is -0.391 e. The average Bonchev–Trinajstić information content (AvgIpc) is 3.30. The highest BCUT2D eigenvalue weighted by molar-refractivity contribution is 5.81. The first kappa shape index (κ1) is 24.5. The van der Waals surface area contributed by atoms with Crippen LogP contribution in [0.1, 0.15) is 50.3 Å². The Morgan fingerprint density at radius 3 is 2.39 bits per heavy atom. The van der Waals surface area contributed by atoms with Crippen molar-refractivity contribution in [3.8, 4) is 22.5 Å². The number of nitrogens with zero attached hydrogens (tertiary/aromatic N) is 4. The van der Waals surface area contributed by atoms with Gasteiger partial charge in [-0.05, 0) is 39.2 Å². The third-order valence-corrected chi connectivity index (χ3v) is 6.02. The normalized spacial score (nSPS) is 16.0. The second-order valence-electron chi connectivity index (χ2n) is 8.45. The topological polar surface area (TPSA) is 115 Å². The summed E-state index contributed by atoms with van der Waals surface area (Å²) in [5.74, 6) is 0.336. The molecule has 1 amide bonds. The van der Waals surface area contributed by atoms with Gasteiger partial charge < -0.3 is 15.1 Å². The van der Waals surface area contributed by atoms with Crippen LogP contribution in [0.15, 0.2) is 42.9 Å². The van der Waals surface area contributed by atoms with Crippen molar-refractivity contribution >= 4 is 6.41 Å². The van der Waals surface area contributed by atoms with Crippen LogP contribution in [0.3, 0.4) is 0 Å². The quantitative estimate of drug-likeness (QED) is 0.495. The Labute approximate surface area is 194 Å². The number of hydrogen-bond donors (Lipinski definition) is 3. The third-order valence-electron chi connectivity index (χ3n) is 6.02. The van der Waals surface area contributed by atoms with E-state index in [-0.39, 0.29) is 0 Å². The van der Waals surface area contributed by atoms with Crippen molar-refractivity contribution in [3.05, 3.63) is 54.1 Å². The molecular formula is C25H33N5O3. The highest BCUT2D eigenvalue weighted by Gasteiger charge is 2.27. The molecule has 1 aliphatic heterocycles. The van der Waals surface area contributed by atoms with Gasteiger partial charge in [0.25, 0.3) is 0 Å². The van der Waals surface area contributed by atoms with Crippen LogP contribution in [0.2, 0.25) is 0 Å². The zero-order valence-corrected chi connectivity index (χ0v) is 19.5. The minimum atomic E-state index is -0.579. The lowest BCUT2D eigenvalue weighted by atomic mass is 9.89. The van der Waals surface area contributed by atoms with Crippen LogP contribution >= 0.6 is 0 Å². The summed E-state index contributed by atoms with van der Waals surface area (Å²) in [6.07, 6.45) is 5.61. The molecule has 8 nitrogen and oxygen atoms in total. The van der Waals surface area contributed by atoms with Crippen LogP contribution in [-0.4, -0.2) is 67.0 Å². The van der Waals surface area contributed by atoms with E-state index in [0.29, 0.717) is 12.3 Å². The Morgan fingerprint density at radius 2 is 1.88 bits per heavy atom. The first-order chi connectivity index (χ1) is 15.9. The molecule has 0 radical (unpaired) electrons. The first-order valence-corrected chi connectivity index (χ1v) is 11.4. The molecule has 3 heterocycles. The Bertz CT molecular complexity index is 997. The van der Waals surface area contributed by atoms with Gasteiger partial charge in [-0.3, -0.25) is 9.89 Å². The zero-order valence-electron chi connectivity index (χ0n) is 19.5. The number of nitrogens with one attached hydrogen (secondary N) is 1. The highest BCUT2D eigenvalue weighted by Crippen LogP contribution is 2.38. The van der Waals surface area contributed by atoms with Crippen molar-refractivity contribution in [3.63, 3.8) is 0 Å². The smallest absolute Gasteiger partial charge is 0.209 e. The molecule has 3 N–H and O–H groups in total. The number of benzene rings is 1. The number of likely N-dealkylation sites (tertiary alicyclic amines) is 1. The van der Waals surface area contributed by atoms with E-state index in [1.807, 2.05) is 17.9 Å². The summed E-state index contributed by atoms with van der Waals surface area (Å²) in [6, 6.07) is 10.3. The Morgan fingerprint density at radius 1 is 1.18 bits per heavy atom. The van der Waals surface area contributed by atoms with Gasteiger partial charge in [0.15, 0.2) is 0 Å². The molecule has 4 rings (SSSR count). The molecule has 1 aliphatic rings.